The molecule has 0 spiro atoms. The largest absolute Gasteiger partial charge is 0.326 e. The Hall–Kier alpha value is -2.82. The Morgan fingerprint density at radius 2 is 1.79 bits per heavy atom. The minimum Gasteiger partial charge on any atom is -0.326 e. The van der Waals surface area contributed by atoms with Crippen LogP contribution in [0.4, 0.5) is 16.2 Å². The summed E-state index contributed by atoms with van der Waals surface area (Å²) in [6.45, 7) is 4.35. The standard InChI is InChI=1S/C19H21N3O2/c1-13-7-9-16(10-8-13)21-19(24)20-14(2)18(23)22-12-11-15-5-3-4-6-17(15)22/h3-10,14H,11-12H2,1-2H3,(H2,20,21,24). The molecule has 1 aliphatic rings. The minimum atomic E-state index is -0.596. The maximum absolute atomic E-state index is 12.6. The van der Waals surface area contributed by atoms with E-state index in [0.717, 1.165) is 17.7 Å². The third-order valence-corrected chi connectivity index (χ3v) is 4.18. The Labute approximate surface area is 141 Å². The van der Waals surface area contributed by atoms with Crippen LogP contribution in [-0.2, 0) is 11.2 Å². The van der Waals surface area contributed by atoms with Gasteiger partial charge in [-0.05, 0) is 44.0 Å². The summed E-state index contributed by atoms with van der Waals surface area (Å²) in [4.78, 5) is 26.4. The van der Waals surface area contributed by atoms with Crippen molar-refractivity contribution in [2.75, 3.05) is 16.8 Å². The molecule has 24 heavy (non-hydrogen) atoms. The number of amides is 3. The Bertz CT molecular complexity index is 755. The van der Waals surface area contributed by atoms with Gasteiger partial charge in [0, 0.05) is 17.9 Å². The second-order valence-corrected chi connectivity index (χ2v) is 6.05. The fraction of sp³-hybridized carbons (Fsp3) is 0.263. The van der Waals surface area contributed by atoms with Crippen molar-refractivity contribution in [1.82, 2.24) is 5.32 Å². The van der Waals surface area contributed by atoms with Gasteiger partial charge >= 0.3 is 6.03 Å². The van der Waals surface area contributed by atoms with Gasteiger partial charge in [0.1, 0.15) is 6.04 Å². The summed E-state index contributed by atoms with van der Waals surface area (Å²) < 4.78 is 0. The third-order valence-electron chi connectivity index (χ3n) is 4.18. The molecule has 5 heteroatoms. The zero-order valence-corrected chi connectivity index (χ0v) is 13.9. The van der Waals surface area contributed by atoms with Gasteiger partial charge in [0.25, 0.3) is 0 Å². The van der Waals surface area contributed by atoms with Crippen molar-refractivity contribution < 1.29 is 9.59 Å². The number of hydrogen-bond donors (Lipinski definition) is 2. The molecular weight excluding hydrogens is 302 g/mol. The van der Waals surface area contributed by atoms with Crippen LogP contribution in [0.25, 0.3) is 0 Å². The smallest absolute Gasteiger partial charge is 0.319 e. The number of nitrogens with zero attached hydrogens (tertiary/aromatic N) is 1. The number of carbonyl (C=O) groups is 2. The van der Waals surface area contributed by atoms with E-state index in [9.17, 15) is 9.59 Å². The molecule has 1 unspecified atom stereocenters. The SMILES string of the molecule is Cc1ccc(NC(=O)NC(C)C(=O)N2CCc3ccccc32)cc1. The molecule has 124 valence electrons. The number of urea groups is 1. The molecule has 5 nitrogen and oxygen atoms in total. The van der Waals surface area contributed by atoms with Crippen LogP contribution in [0.1, 0.15) is 18.1 Å². The van der Waals surface area contributed by atoms with Crippen molar-refractivity contribution in [3.63, 3.8) is 0 Å². The van der Waals surface area contributed by atoms with E-state index >= 15 is 0 Å². The van der Waals surface area contributed by atoms with Gasteiger partial charge in [0.2, 0.25) is 5.91 Å². The number of anilines is 2. The highest BCUT2D eigenvalue weighted by Gasteiger charge is 2.28. The molecule has 1 atom stereocenters. The first-order valence-electron chi connectivity index (χ1n) is 8.08. The van der Waals surface area contributed by atoms with Gasteiger partial charge in [-0.15, -0.1) is 0 Å². The predicted octanol–water partition coefficient (Wildman–Crippen LogP) is 3.09. The van der Waals surface area contributed by atoms with Gasteiger partial charge in [-0.3, -0.25) is 4.79 Å². The first-order valence-corrected chi connectivity index (χ1v) is 8.08. The molecule has 0 aromatic heterocycles. The van der Waals surface area contributed by atoms with Crippen molar-refractivity contribution in [2.24, 2.45) is 0 Å². The summed E-state index contributed by atoms with van der Waals surface area (Å²) >= 11 is 0. The summed E-state index contributed by atoms with van der Waals surface area (Å²) in [5.41, 5.74) is 3.93. The highest BCUT2D eigenvalue weighted by Crippen LogP contribution is 2.27. The number of hydrogen-bond acceptors (Lipinski definition) is 2. The quantitative estimate of drug-likeness (QED) is 0.912. The average Bonchev–Trinajstić information content (AvgIpc) is 3.00. The second-order valence-electron chi connectivity index (χ2n) is 6.05. The molecule has 0 saturated carbocycles. The molecular formula is C19H21N3O2. The highest BCUT2D eigenvalue weighted by molar-refractivity contribution is 6.01. The average molecular weight is 323 g/mol. The van der Waals surface area contributed by atoms with E-state index in [1.165, 1.54) is 5.56 Å². The van der Waals surface area contributed by atoms with Crippen LogP contribution in [0.5, 0.6) is 0 Å². The maximum Gasteiger partial charge on any atom is 0.319 e. The molecule has 3 amide bonds. The van der Waals surface area contributed by atoms with Crippen LogP contribution < -0.4 is 15.5 Å². The summed E-state index contributed by atoms with van der Waals surface area (Å²) in [6.07, 6.45) is 0.851. The summed E-state index contributed by atoms with van der Waals surface area (Å²) in [5, 5.41) is 5.45. The molecule has 0 saturated heterocycles. The number of benzene rings is 2. The first-order chi connectivity index (χ1) is 11.5. The molecule has 1 heterocycles. The van der Waals surface area contributed by atoms with Gasteiger partial charge < -0.3 is 15.5 Å². The zero-order valence-electron chi connectivity index (χ0n) is 13.9. The lowest BCUT2D eigenvalue weighted by Gasteiger charge is -2.22. The molecule has 0 bridgehead atoms. The van der Waals surface area contributed by atoms with Crippen LogP contribution in [-0.4, -0.2) is 24.5 Å². The lowest BCUT2D eigenvalue weighted by atomic mass is 10.2. The Balaban J connectivity index is 1.60. The molecule has 2 N–H and O–H groups in total. The van der Waals surface area contributed by atoms with Crippen molar-refractivity contribution in [1.29, 1.82) is 0 Å². The maximum atomic E-state index is 12.6. The first kappa shape index (κ1) is 16.1. The number of carbonyl (C=O) groups excluding carboxylic acids is 2. The molecule has 3 rings (SSSR count). The van der Waals surface area contributed by atoms with Crippen LogP contribution in [0.2, 0.25) is 0 Å². The van der Waals surface area contributed by atoms with E-state index in [0.29, 0.717) is 12.2 Å². The monoisotopic (exact) mass is 323 g/mol. The van der Waals surface area contributed by atoms with Crippen LogP contribution in [0, 0.1) is 6.92 Å². The molecule has 0 fully saturated rings. The van der Waals surface area contributed by atoms with E-state index in [1.54, 1.807) is 11.8 Å². The summed E-state index contributed by atoms with van der Waals surface area (Å²) in [5.74, 6) is -0.0981. The topological polar surface area (TPSA) is 61.4 Å². The Morgan fingerprint density at radius 3 is 2.54 bits per heavy atom. The lowest BCUT2D eigenvalue weighted by Crippen LogP contribution is -2.47. The Morgan fingerprint density at radius 1 is 1.08 bits per heavy atom. The lowest BCUT2D eigenvalue weighted by molar-refractivity contribution is -0.119. The number of fused-ring (bicyclic) bond motifs is 1. The third kappa shape index (κ3) is 3.40. The van der Waals surface area contributed by atoms with Crippen LogP contribution >= 0.6 is 0 Å². The second kappa shape index (κ2) is 6.74. The normalized spacial score (nSPS) is 14.0. The van der Waals surface area contributed by atoms with Crippen LogP contribution in [0.15, 0.2) is 48.5 Å². The van der Waals surface area contributed by atoms with E-state index in [-0.39, 0.29) is 11.9 Å². The molecule has 1 aliphatic heterocycles. The number of nitrogens with one attached hydrogen (secondary N) is 2. The highest BCUT2D eigenvalue weighted by atomic mass is 16.2. The van der Waals surface area contributed by atoms with Gasteiger partial charge in [-0.25, -0.2) is 4.79 Å². The molecule has 2 aromatic carbocycles. The van der Waals surface area contributed by atoms with E-state index < -0.39 is 6.04 Å². The predicted molar refractivity (Wildman–Crippen MR) is 95.3 cm³/mol. The van der Waals surface area contributed by atoms with Gasteiger partial charge in [0.15, 0.2) is 0 Å². The van der Waals surface area contributed by atoms with Crippen molar-refractivity contribution in [3.8, 4) is 0 Å². The zero-order chi connectivity index (χ0) is 17.1. The summed E-state index contributed by atoms with van der Waals surface area (Å²) in [7, 11) is 0. The Kier molecular flexibility index (Phi) is 4.51. The number of para-hydroxylation sites is 1. The fourth-order valence-corrected chi connectivity index (χ4v) is 2.86. The fourth-order valence-electron chi connectivity index (χ4n) is 2.86. The van der Waals surface area contributed by atoms with Gasteiger partial charge in [-0.2, -0.15) is 0 Å². The van der Waals surface area contributed by atoms with E-state index in [2.05, 4.69) is 10.6 Å². The van der Waals surface area contributed by atoms with Gasteiger partial charge in [-0.1, -0.05) is 35.9 Å². The van der Waals surface area contributed by atoms with Crippen LogP contribution in [0.3, 0.4) is 0 Å². The van der Waals surface area contributed by atoms with Crippen molar-refractivity contribution >= 4 is 23.3 Å². The molecule has 2 aromatic rings. The van der Waals surface area contributed by atoms with Gasteiger partial charge in [0.05, 0.1) is 0 Å². The molecule has 0 radical (unpaired) electrons. The number of aryl methyl sites for hydroxylation is 1. The van der Waals surface area contributed by atoms with E-state index in [1.807, 2.05) is 55.5 Å². The van der Waals surface area contributed by atoms with Crippen molar-refractivity contribution in [2.45, 2.75) is 26.3 Å². The number of rotatable bonds is 3. The van der Waals surface area contributed by atoms with Crippen molar-refractivity contribution in [3.05, 3.63) is 59.7 Å². The summed E-state index contributed by atoms with van der Waals surface area (Å²) in [6, 6.07) is 14.4. The molecule has 0 aliphatic carbocycles. The minimum absolute atomic E-state index is 0.0981. The van der Waals surface area contributed by atoms with E-state index in [4.69, 9.17) is 0 Å².